The topological polar surface area (TPSA) is 34.2 Å². The molecular weight excluding hydrogens is 198 g/mol. The predicted molar refractivity (Wildman–Crippen MR) is 67.2 cm³/mol. The molecule has 2 N–H and O–H groups in total. The van der Waals surface area contributed by atoms with Crippen LogP contribution in [0.15, 0.2) is 18.3 Å². The summed E-state index contributed by atoms with van der Waals surface area (Å²) in [5.41, 5.74) is 6.95. The van der Waals surface area contributed by atoms with E-state index in [-0.39, 0.29) is 0 Å². The fourth-order valence-corrected chi connectivity index (χ4v) is 2.65. The van der Waals surface area contributed by atoms with Crippen LogP contribution in [0.2, 0.25) is 0 Å². The molecule has 0 amide bonds. The third-order valence-corrected chi connectivity index (χ3v) is 3.76. The molecule has 90 valence electrons. The Kier molecular flexibility index (Phi) is 4.02. The van der Waals surface area contributed by atoms with Crippen molar-refractivity contribution in [3.05, 3.63) is 24.0 Å². The predicted octanol–water partition coefficient (Wildman–Crippen LogP) is 1.82. The Morgan fingerprint density at radius 1 is 1.44 bits per heavy atom. The average Bonchev–Trinajstić information content (AvgIpc) is 2.75. The van der Waals surface area contributed by atoms with E-state index in [0.29, 0.717) is 6.54 Å². The molecule has 1 atom stereocenters. The van der Waals surface area contributed by atoms with Gasteiger partial charge in [-0.25, -0.2) is 0 Å². The number of hydrogen-bond donors (Lipinski definition) is 1. The van der Waals surface area contributed by atoms with Crippen molar-refractivity contribution in [2.24, 2.45) is 5.73 Å². The van der Waals surface area contributed by atoms with Crippen LogP contribution in [-0.2, 0) is 13.1 Å². The summed E-state index contributed by atoms with van der Waals surface area (Å²) < 4.78 is 2.29. The maximum absolute atomic E-state index is 5.70. The normalized spacial score (nSPS) is 22.5. The number of rotatable bonds is 4. The molecule has 2 rings (SSSR count). The van der Waals surface area contributed by atoms with Gasteiger partial charge in [0.15, 0.2) is 0 Å². The van der Waals surface area contributed by atoms with E-state index < -0.39 is 0 Å². The molecule has 0 bridgehead atoms. The van der Waals surface area contributed by atoms with Gasteiger partial charge in [-0.2, -0.15) is 0 Å². The molecular formula is C13H23N3. The van der Waals surface area contributed by atoms with Gasteiger partial charge in [0.25, 0.3) is 0 Å². The SMILES string of the molecule is CN1CCCCC1CCn1cccc1CN. The van der Waals surface area contributed by atoms with E-state index in [0.717, 1.165) is 12.6 Å². The van der Waals surface area contributed by atoms with Crippen molar-refractivity contribution in [3.8, 4) is 0 Å². The molecule has 2 heterocycles. The molecule has 1 fully saturated rings. The zero-order valence-corrected chi connectivity index (χ0v) is 10.2. The largest absolute Gasteiger partial charge is 0.350 e. The molecule has 1 aliphatic rings. The fourth-order valence-electron chi connectivity index (χ4n) is 2.65. The fraction of sp³-hybridized carbons (Fsp3) is 0.692. The van der Waals surface area contributed by atoms with E-state index in [9.17, 15) is 0 Å². The lowest BCUT2D eigenvalue weighted by Crippen LogP contribution is -2.36. The van der Waals surface area contributed by atoms with Crippen molar-refractivity contribution < 1.29 is 0 Å². The van der Waals surface area contributed by atoms with Crippen LogP contribution < -0.4 is 5.73 Å². The quantitative estimate of drug-likeness (QED) is 0.841. The Bertz CT molecular complexity index is 319. The van der Waals surface area contributed by atoms with Gasteiger partial charge in [-0.15, -0.1) is 0 Å². The van der Waals surface area contributed by atoms with Gasteiger partial charge in [0.05, 0.1) is 0 Å². The minimum atomic E-state index is 0.646. The van der Waals surface area contributed by atoms with Crippen LogP contribution in [0.1, 0.15) is 31.4 Å². The van der Waals surface area contributed by atoms with Crippen molar-refractivity contribution in [1.29, 1.82) is 0 Å². The summed E-state index contributed by atoms with van der Waals surface area (Å²) in [4.78, 5) is 2.51. The van der Waals surface area contributed by atoms with Gasteiger partial charge in [0.2, 0.25) is 0 Å². The third-order valence-electron chi connectivity index (χ3n) is 3.76. The smallest absolute Gasteiger partial charge is 0.0334 e. The summed E-state index contributed by atoms with van der Waals surface area (Å²) in [5.74, 6) is 0. The van der Waals surface area contributed by atoms with Gasteiger partial charge < -0.3 is 15.2 Å². The minimum absolute atomic E-state index is 0.646. The van der Waals surface area contributed by atoms with Crippen LogP contribution in [0.3, 0.4) is 0 Å². The Balaban J connectivity index is 1.86. The number of nitrogens with two attached hydrogens (primary N) is 1. The molecule has 0 spiro atoms. The Hall–Kier alpha value is -0.800. The summed E-state index contributed by atoms with van der Waals surface area (Å²) in [7, 11) is 2.25. The average molecular weight is 221 g/mol. The summed E-state index contributed by atoms with van der Waals surface area (Å²) in [5, 5.41) is 0. The van der Waals surface area contributed by atoms with Crippen LogP contribution in [0, 0.1) is 0 Å². The molecule has 3 nitrogen and oxygen atoms in total. The van der Waals surface area contributed by atoms with E-state index in [1.54, 1.807) is 0 Å². The highest BCUT2D eigenvalue weighted by atomic mass is 15.1. The van der Waals surface area contributed by atoms with Crippen LogP contribution in [0.25, 0.3) is 0 Å². The molecule has 0 saturated carbocycles. The van der Waals surface area contributed by atoms with E-state index in [1.165, 1.54) is 37.9 Å². The molecule has 3 heteroatoms. The van der Waals surface area contributed by atoms with E-state index >= 15 is 0 Å². The summed E-state index contributed by atoms with van der Waals surface area (Å²) in [6.07, 6.45) is 7.51. The van der Waals surface area contributed by atoms with Crippen molar-refractivity contribution in [2.45, 2.75) is 44.8 Å². The summed E-state index contributed by atoms with van der Waals surface area (Å²) in [6, 6.07) is 4.97. The third kappa shape index (κ3) is 2.66. The maximum atomic E-state index is 5.70. The molecule has 1 saturated heterocycles. The van der Waals surface area contributed by atoms with E-state index in [1.807, 2.05) is 0 Å². The standard InChI is InChI=1S/C13H23N3/c1-15-8-3-2-5-12(15)7-10-16-9-4-6-13(16)11-14/h4,6,9,12H,2-3,5,7-8,10-11,14H2,1H3. The van der Waals surface area contributed by atoms with Crippen LogP contribution in [0.5, 0.6) is 0 Å². The highest BCUT2D eigenvalue weighted by Gasteiger charge is 2.18. The molecule has 1 aliphatic heterocycles. The number of piperidine rings is 1. The lowest BCUT2D eigenvalue weighted by atomic mass is 10.0. The Morgan fingerprint density at radius 2 is 2.31 bits per heavy atom. The van der Waals surface area contributed by atoms with Crippen LogP contribution in [-0.4, -0.2) is 29.1 Å². The number of aromatic nitrogens is 1. The van der Waals surface area contributed by atoms with Crippen molar-refractivity contribution in [3.63, 3.8) is 0 Å². The molecule has 0 radical (unpaired) electrons. The minimum Gasteiger partial charge on any atom is -0.350 e. The Labute approximate surface area is 98.2 Å². The maximum Gasteiger partial charge on any atom is 0.0334 e. The summed E-state index contributed by atoms with van der Waals surface area (Å²) >= 11 is 0. The second kappa shape index (κ2) is 5.51. The van der Waals surface area contributed by atoms with Gasteiger partial charge >= 0.3 is 0 Å². The second-order valence-electron chi connectivity index (χ2n) is 4.82. The molecule has 1 aromatic heterocycles. The van der Waals surface area contributed by atoms with Gasteiger partial charge in [-0.1, -0.05) is 6.42 Å². The molecule has 0 aliphatic carbocycles. The van der Waals surface area contributed by atoms with Crippen molar-refractivity contribution in [1.82, 2.24) is 9.47 Å². The lowest BCUT2D eigenvalue weighted by molar-refractivity contribution is 0.171. The number of likely N-dealkylation sites (tertiary alicyclic amines) is 1. The molecule has 0 aromatic carbocycles. The monoisotopic (exact) mass is 221 g/mol. The van der Waals surface area contributed by atoms with Crippen LogP contribution in [0.4, 0.5) is 0 Å². The first kappa shape index (κ1) is 11.7. The first-order valence-electron chi connectivity index (χ1n) is 6.35. The highest BCUT2D eigenvalue weighted by molar-refractivity contribution is 5.06. The van der Waals surface area contributed by atoms with Gasteiger partial charge in [-0.3, -0.25) is 0 Å². The van der Waals surface area contributed by atoms with Gasteiger partial charge in [0.1, 0.15) is 0 Å². The molecule has 16 heavy (non-hydrogen) atoms. The van der Waals surface area contributed by atoms with Crippen molar-refractivity contribution in [2.75, 3.05) is 13.6 Å². The number of nitrogens with zero attached hydrogens (tertiary/aromatic N) is 2. The lowest BCUT2D eigenvalue weighted by Gasteiger charge is -2.32. The molecule has 1 aromatic rings. The Morgan fingerprint density at radius 3 is 3.06 bits per heavy atom. The second-order valence-corrected chi connectivity index (χ2v) is 4.82. The molecule has 1 unspecified atom stereocenters. The highest BCUT2D eigenvalue weighted by Crippen LogP contribution is 2.18. The number of hydrogen-bond acceptors (Lipinski definition) is 2. The zero-order chi connectivity index (χ0) is 11.4. The first-order chi connectivity index (χ1) is 7.81. The number of aryl methyl sites for hydroxylation is 1. The zero-order valence-electron chi connectivity index (χ0n) is 10.2. The van der Waals surface area contributed by atoms with E-state index in [2.05, 4.69) is 34.8 Å². The van der Waals surface area contributed by atoms with Gasteiger partial charge in [-0.05, 0) is 45.0 Å². The first-order valence-corrected chi connectivity index (χ1v) is 6.35. The van der Waals surface area contributed by atoms with Crippen LogP contribution >= 0.6 is 0 Å². The van der Waals surface area contributed by atoms with Gasteiger partial charge in [0, 0.05) is 31.0 Å². The summed E-state index contributed by atoms with van der Waals surface area (Å²) in [6.45, 7) is 3.02. The van der Waals surface area contributed by atoms with E-state index in [4.69, 9.17) is 5.73 Å². The van der Waals surface area contributed by atoms with Crippen molar-refractivity contribution >= 4 is 0 Å².